The third-order valence-corrected chi connectivity index (χ3v) is 4.37. The molecule has 1 heterocycles. The molecule has 1 aliphatic rings. The molecule has 0 aliphatic carbocycles. The van der Waals surface area contributed by atoms with Crippen LogP contribution in [0.3, 0.4) is 0 Å². The molecule has 1 fully saturated rings. The molecule has 0 aromatic heterocycles. The van der Waals surface area contributed by atoms with Gasteiger partial charge in [0.15, 0.2) is 0 Å². The molecule has 1 aliphatic heterocycles. The molecule has 0 spiro atoms. The van der Waals surface area contributed by atoms with Gasteiger partial charge in [0.25, 0.3) is 5.91 Å². The number of carboxylic acids is 1. The number of carbonyl (C=O) groups excluding carboxylic acids is 1. The number of carboxylic acid groups (broad SMARTS) is 1. The van der Waals surface area contributed by atoms with E-state index in [4.69, 9.17) is 4.74 Å². The van der Waals surface area contributed by atoms with E-state index in [0.717, 1.165) is 0 Å². The predicted molar refractivity (Wildman–Crippen MR) is 77.0 cm³/mol. The van der Waals surface area contributed by atoms with Crippen molar-refractivity contribution >= 4 is 27.8 Å². The molecule has 1 N–H and O–H groups in total. The second kappa shape index (κ2) is 5.44. The van der Waals surface area contributed by atoms with Crippen molar-refractivity contribution in [3.63, 3.8) is 0 Å². The van der Waals surface area contributed by atoms with E-state index in [1.165, 1.54) is 7.11 Å². The highest BCUT2D eigenvalue weighted by atomic mass is 79.9. The van der Waals surface area contributed by atoms with Crippen LogP contribution in [0.2, 0.25) is 0 Å². The number of methoxy groups -OCH3 is 1. The highest BCUT2D eigenvalue weighted by Gasteiger charge is 2.42. The van der Waals surface area contributed by atoms with Crippen molar-refractivity contribution in [2.24, 2.45) is 5.41 Å². The highest BCUT2D eigenvalue weighted by Crippen LogP contribution is 2.32. The van der Waals surface area contributed by atoms with Crippen molar-refractivity contribution in [3.8, 4) is 5.75 Å². The van der Waals surface area contributed by atoms with Gasteiger partial charge in [-0.15, -0.1) is 0 Å². The zero-order chi connectivity index (χ0) is 14.9. The number of likely N-dealkylation sites (tertiary alicyclic amines) is 1. The topological polar surface area (TPSA) is 66.8 Å². The minimum Gasteiger partial charge on any atom is -0.497 e. The number of ether oxygens (including phenoxy) is 1. The molecule has 0 bridgehead atoms. The van der Waals surface area contributed by atoms with Gasteiger partial charge in [0, 0.05) is 17.6 Å². The van der Waals surface area contributed by atoms with Crippen LogP contribution in [0, 0.1) is 5.41 Å². The zero-order valence-corrected chi connectivity index (χ0v) is 12.9. The number of carbonyl (C=O) groups is 2. The number of rotatable bonds is 3. The van der Waals surface area contributed by atoms with Gasteiger partial charge >= 0.3 is 5.97 Å². The van der Waals surface area contributed by atoms with Gasteiger partial charge in [-0.2, -0.15) is 0 Å². The fourth-order valence-corrected chi connectivity index (χ4v) is 2.69. The summed E-state index contributed by atoms with van der Waals surface area (Å²) in [5.41, 5.74) is -0.375. The zero-order valence-electron chi connectivity index (χ0n) is 11.4. The van der Waals surface area contributed by atoms with E-state index in [-0.39, 0.29) is 12.5 Å². The number of aliphatic carboxylic acids is 1. The maximum atomic E-state index is 12.5. The lowest BCUT2D eigenvalue weighted by atomic mass is 9.90. The van der Waals surface area contributed by atoms with Crippen LogP contribution in [0.4, 0.5) is 0 Å². The third-order valence-electron chi connectivity index (χ3n) is 3.68. The van der Waals surface area contributed by atoms with E-state index in [9.17, 15) is 14.7 Å². The largest absolute Gasteiger partial charge is 0.497 e. The number of hydrogen-bond acceptors (Lipinski definition) is 3. The second-order valence-corrected chi connectivity index (χ2v) is 6.04. The minimum absolute atomic E-state index is 0.180. The first-order valence-corrected chi connectivity index (χ1v) is 7.03. The van der Waals surface area contributed by atoms with Crippen LogP contribution < -0.4 is 4.74 Å². The molecule has 1 atom stereocenters. The van der Waals surface area contributed by atoms with Crippen molar-refractivity contribution in [1.29, 1.82) is 0 Å². The number of benzene rings is 1. The lowest BCUT2D eigenvalue weighted by Crippen LogP contribution is -2.35. The quantitative estimate of drug-likeness (QED) is 0.916. The lowest BCUT2D eigenvalue weighted by Gasteiger charge is -2.20. The molecular weight excluding hydrogens is 326 g/mol. The molecule has 20 heavy (non-hydrogen) atoms. The Labute approximate surface area is 125 Å². The predicted octanol–water partition coefficient (Wildman–Crippen LogP) is 2.39. The van der Waals surface area contributed by atoms with E-state index in [0.29, 0.717) is 28.8 Å². The van der Waals surface area contributed by atoms with Crippen molar-refractivity contribution in [3.05, 3.63) is 28.2 Å². The maximum Gasteiger partial charge on any atom is 0.311 e. The standard InChI is InChI=1S/C14H16BrNO4/c1-14(13(18)19)5-6-16(8-14)12(17)10-7-9(20-2)3-4-11(10)15/h3-4,7H,5-6,8H2,1-2H3,(H,18,19)/t14-/m0/s1. The lowest BCUT2D eigenvalue weighted by molar-refractivity contribution is -0.147. The Bertz CT molecular complexity index is 560. The molecule has 1 aromatic rings. The molecule has 1 aromatic carbocycles. The van der Waals surface area contributed by atoms with E-state index >= 15 is 0 Å². The average molecular weight is 342 g/mol. The summed E-state index contributed by atoms with van der Waals surface area (Å²) >= 11 is 3.35. The number of amides is 1. The fraction of sp³-hybridized carbons (Fsp3) is 0.429. The smallest absolute Gasteiger partial charge is 0.311 e. The van der Waals surface area contributed by atoms with Gasteiger partial charge in [-0.05, 0) is 47.5 Å². The van der Waals surface area contributed by atoms with Crippen molar-refractivity contribution in [1.82, 2.24) is 4.90 Å². The SMILES string of the molecule is COc1ccc(Br)c(C(=O)N2CC[C@](C)(C(=O)O)C2)c1. The molecule has 1 amide bonds. The minimum atomic E-state index is -0.863. The number of nitrogens with zero attached hydrogens (tertiary/aromatic N) is 1. The van der Waals surface area contributed by atoms with Gasteiger partial charge < -0.3 is 14.7 Å². The van der Waals surface area contributed by atoms with E-state index in [2.05, 4.69) is 15.9 Å². The summed E-state index contributed by atoms with van der Waals surface area (Å²) in [5, 5.41) is 9.21. The summed E-state index contributed by atoms with van der Waals surface area (Å²) in [4.78, 5) is 25.3. The second-order valence-electron chi connectivity index (χ2n) is 5.19. The number of halogens is 1. The molecule has 1 saturated heterocycles. The summed E-state index contributed by atoms with van der Waals surface area (Å²) in [6.45, 7) is 2.35. The van der Waals surface area contributed by atoms with Gasteiger partial charge in [0.05, 0.1) is 18.1 Å². The van der Waals surface area contributed by atoms with Gasteiger partial charge in [0.1, 0.15) is 5.75 Å². The molecule has 0 radical (unpaired) electrons. The molecule has 0 unspecified atom stereocenters. The first kappa shape index (κ1) is 14.8. The molecule has 6 heteroatoms. The Morgan fingerprint density at radius 3 is 2.70 bits per heavy atom. The van der Waals surface area contributed by atoms with E-state index in [1.807, 2.05) is 0 Å². The van der Waals surface area contributed by atoms with E-state index < -0.39 is 11.4 Å². The Hall–Kier alpha value is -1.56. The normalized spacial score (nSPS) is 21.9. The third kappa shape index (κ3) is 2.65. The van der Waals surface area contributed by atoms with E-state index in [1.54, 1.807) is 30.0 Å². The first-order valence-electron chi connectivity index (χ1n) is 6.23. The van der Waals surface area contributed by atoms with Crippen LogP contribution in [0.25, 0.3) is 0 Å². The van der Waals surface area contributed by atoms with Crippen molar-refractivity contribution in [2.45, 2.75) is 13.3 Å². The van der Waals surface area contributed by atoms with Gasteiger partial charge in [-0.3, -0.25) is 9.59 Å². The summed E-state index contributed by atoms with van der Waals surface area (Å²) < 4.78 is 5.79. The number of hydrogen-bond donors (Lipinski definition) is 1. The van der Waals surface area contributed by atoms with Gasteiger partial charge in [-0.1, -0.05) is 0 Å². The maximum absolute atomic E-state index is 12.5. The van der Waals surface area contributed by atoms with Crippen molar-refractivity contribution < 1.29 is 19.4 Å². The van der Waals surface area contributed by atoms with Gasteiger partial charge in [0.2, 0.25) is 0 Å². The highest BCUT2D eigenvalue weighted by molar-refractivity contribution is 9.10. The average Bonchev–Trinajstić information content (AvgIpc) is 2.83. The molecular formula is C14H16BrNO4. The Morgan fingerprint density at radius 1 is 1.45 bits per heavy atom. The first-order chi connectivity index (χ1) is 9.37. The van der Waals surface area contributed by atoms with Crippen LogP contribution in [0.1, 0.15) is 23.7 Å². The van der Waals surface area contributed by atoms with Crippen LogP contribution in [-0.4, -0.2) is 42.1 Å². The molecule has 0 saturated carbocycles. The van der Waals surface area contributed by atoms with Crippen LogP contribution >= 0.6 is 15.9 Å². The van der Waals surface area contributed by atoms with Crippen molar-refractivity contribution in [2.75, 3.05) is 20.2 Å². The molecule has 108 valence electrons. The summed E-state index contributed by atoms with van der Waals surface area (Å²) in [6.07, 6.45) is 0.468. The van der Waals surface area contributed by atoms with Gasteiger partial charge in [-0.25, -0.2) is 0 Å². The van der Waals surface area contributed by atoms with Crippen LogP contribution in [0.5, 0.6) is 5.75 Å². The van der Waals surface area contributed by atoms with Crippen LogP contribution in [0.15, 0.2) is 22.7 Å². The summed E-state index contributed by atoms with van der Waals surface area (Å²) in [6, 6.07) is 5.16. The van der Waals surface area contributed by atoms with Crippen LogP contribution in [-0.2, 0) is 4.79 Å². The molecule has 5 nitrogen and oxygen atoms in total. The Kier molecular flexibility index (Phi) is 4.04. The molecule has 2 rings (SSSR count). The fourth-order valence-electron chi connectivity index (χ4n) is 2.27. The summed E-state index contributed by atoms with van der Waals surface area (Å²) in [5.74, 6) is -0.449. The Morgan fingerprint density at radius 2 is 2.15 bits per heavy atom. The Balaban J connectivity index is 2.23. The summed E-state index contributed by atoms with van der Waals surface area (Å²) in [7, 11) is 1.54. The monoisotopic (exact) mass is 341 g/mol.